The number of carbonyl (C=O) groups is 1. The summed E-state index contributed by atoms with van der Waals surface area (Å²) in [4.78, 5) is 12.7. The summed E-state index contributed by atoms with van der Waals surface area (Å²) in [7, 11) is 1.54. The van der Waals surface area contributed by atoms with Crippen molar-refractivity contribution < 1.29 is 9.53 Å². The third-order valence-corrected chi connectivity index (χ3v) is 3.81. The third kappa shape index (κ3) is 3.99. The highest BCUT2D eigenvalue weighted by Crippen LogP contribution is 2.27. The number of methoxy groups -OCH3 is 1. The average Bonchev–Trinajstić information content (AvgIpc) is 2.92. The molecule has 0 bridgehead atoms. The standard InChI is InChI=1S/C15H13ClN2O2S/c1-20-12-5-4-10(3-2-8-17)9-11(12)18-15(19)13-6-7-14(16)21-13/h4-7,9H,8,17H2,1H3,(H,18,19). The molecule has 1 aromatic carbocycles. The lowest BCUT2D eigenvalue weighted by molar-refractivity contribution is 0.103. The largest absolute Gasteiger partial charge is 0.495 e. The van der Waals surface area contributed by atoms with Gasteiger partial charge in [0.05, 0.1) is 28.6 Å². The molecule has 21 heavy (non-hydrogen) atoms. The molecule has 0 unspecified atom stereocenters. The van der Waals surface area contributed by atoms with Gasteiger partial charge in [-0.25, -0.2) is 0 Å². The molecule has 6 heteroatoms. The van der Waals surface area contributed by atoms with E-state index in [-0.39, 0.29) is 12.5 Å². The number of benzene rings is 1. The quantitative estimate of drug-likeness (QED) is 0.855. The molecule has 2 aromatic rings. The Labute approximate surface area is 131 Å². The molecule has 108 valence electrons. The lowest BCUT2D eigenvalue weighted by Gasteiger charge is -2.10. The van der Waals surface area contributed by atoms with Crippen LogP contribution in [0.15, 0.2) is 30.3 Å². The smallest absolute Gasteiger partial charge is 0.265 e. The molecular formula is C15H13ClN2O2S. The summed E-state index contributed by atoms with van der Waals surface area (Å²) >= 11 is 7.05. The highest BCUT2D eigenvalue weighted by molar-refractivity contribution is 7.18. The zero-order valence-corrected chi connectivity index (χ0v) is 12.8. The van der Waals surface area contributed by atoms with Gasteiger partial charge in [-0.2, -0.15) is 0 Å². The lowest BCUT2D eigenvalue weighted by atomic mass is 10.2. The predicted octanol–water partition coefficient (Wildman–Crippen LogP) is 2.97. The Morgan fingerprint density at radius 2 is 2.24 bits per heavy atom. The van der Waals surface area contributed by atoms with Crippen molar-refractivity contribution in [2.75, 3.05) is 19.0 Å². The lowest BCUT2D eigenvalue weighted by Crippen LogP contribution is -2.11. The van der Waals surface area contributed by atoms with Gasteiger partial charge in [0.1, 0.15) is 5.75 Å². The summed E-state index contributed by atoms with van der Waals surface area (Å²) < 4.78 is 5.80. The van der Waals surface area contributed by atoms with Crippen molar-refractivity contribution in [3.05, 3.63) is 45.1 Å². The Balaban J connectivity index is 2.26. The van der Waals surface area contributed by atoms with Crippen LogP contribution in [0.25, 0.3) is 0 Å². The molecule has 0 aliphatic carbocycles. The maximum atomic E-state index is 12.1. The van der Waals surface area contributed by atoms with Crippen molar-refractivity contribution in [2.45, 2.75) is 0 Å². The van der Waals surface area contributed by atoms with Gasteiger partial charge in [-0.1, -0.05) is 23.4 Å². The predicted molar refractivity (Wildman–Crippen MR) is 86.2 cm³/mol. The van der Waals surface area contributed by atoms with Crippen molar-refractivity contribution in [3.8, 4) is 17.6 Å². The van der Waals surface area contributed by atoms with Crippen LogP contribution >= 0.6 is 22.9 Å². The van der Waals surface area contributed by atoms with E-state index in [1.165, 1.54) is 18.4 Å². The van der Waals surface area contributed by atoms with Crippen LogP contribution in [0.5, 0.6) is 5.75 Å². The van der Waals surface area contributed by atoms with E-state index in [1.807, 2.05) is 0 Å². The van der Waals surface area contributed by atoms with Crippen molar-refractivity contribution in [3.63, 3.8) is 0 Å². The number of hydrogen-bond donors (Lipinski definition) is 2. The molecular weight excluding hydrogens is 308 g/mol. The zero-order valence-electron chi connectivity index (χ0n) is 11.3. The number of ether oxygens (including phenoxy) is 1. The van der Waals surface area contributed by atoms with Gasteiger partial charge in [0.25, 0.3) is 5.91 Å². The Bertz CT molecular complexity index is 716. The molecule has 1 aromatic heterocycles. The molecule has 0 aliphatic rings. The van der Waals surface area contributed by atoms with Crippen LogP contribution in [0.4, 0.5) is 5.69 Å². The van der Waals surface area contributed by atoms with Crippen LogP contribution in [-0.4, -0.2) is 19.6 Å². The second-order valence-corrected chi connectivity index (χ2v) is 5.69. The number of halogens is 1. The first-order valence-corrected chi connectivity index (χ1v) is 7.27. The maximum Gasteiger partial charge on any atom is 0.265 e. The van der Waals surface area contributed by atoms with Crippen molar-refractivity contribution >= 4 is 34.5 Å². The number of hydrogen-bond acceptors (Lipinski definition) is 4. The third-order valence-electron chi connectivity index (χ3n) is 2.58. The summed E-state index contributed by atoms with van der Waals surface area (Å²) in [6.07, 6.45) is 0. The molecule has 0 radical (unpaired) electrons. The number of nitrogens with one attached hydrogen (secondary N) is 1. The van der Waals surface area contributed by atoms with Crippen molar-refractivity contribution in [1.29, 1.82) is 0 Å². The second kappa shape index (κ2) is 7.14. The van der Waals surface area contributed by atoms with E-state index in [1.54, 1.807) is 30.3 Å². The van der Waals surface area contributed by atoms with Gasteiger partial charge in [-0.15, -0.1) is 11.3 Å². The van der Waals surface area contributed by atoms with Crippen LogP contribution in [0, 0.1) is 11.8 Å². The highest BCUT2D eigenvalue weighted by atomic mass is 35.5. The number of anilines is 1. The fourth-order valence-electron chi connectivity index (χ4n) is 1.66. The number of rotatable bonds is 3. The van der Waals surface area contributed by atoms with Gasteiger partial charge >= 0.3 is 0 Å². The number of thiophene rings is 1. The Hall–Kier alpha value is -2.00. The fraction of sp³-hybridized carbons (Fsp3) is 0.133. The average molecular weight is 321 g/mol. The fourth-order valence-corrected chi connectivity index (χ4v) is 2.60. The van der Waals surface area contributed by atoms with Crippen molar-refractivity contribution in [2.24, 2.45) is 5.73 Å². The normalized spacial score (nSPS) is 9.67. The van der Waals surface area contributed by atoms with Crippen LogP contribution in [-0.2, 0) is 0 Å². The Morgan fingerprint density at radius 1 is 1.43 bits per heavy atom. The molecule has 0 saturated carbocycles. The van der Waals surface area contributed by atoms with E-state index in [2.05, 4.69) is 17.2 Å². The van der Waals surface area contributed by atoms with Gasteiger partial charge in [0.2, 0.25) is 0 Å². The summed E-state index contributed by atoms with van der Waals surface area (Å²) in [6, 6.07) is 8.65. The first-order valence-electron chi connectivity index (χ1n) is 6.07. The molecule has 1 amide bonds. The van der Waals surface area contributed by atoms with Gasteiger partial charge in [-0.3, -0.25) is 4.79 Å². The van der Waals surface area contributed by atoms with E-state index in [0.717, 1.165) is 5.56 Å². The molecule has 4 nitrogen and oxygen atoms in total. The Morgan fingerprint density at radius 3 is 2.86 bits per heavy atom. The van der Waals surface area contributed by atoms with E-state index < -0.39 is 0 Å². The van der Waals surface area contributed by atoms with E-state index >= 15 is 0 Å². The minimum Gasteiger partial charge on any atom is -0.495 e. The summed E-state index contributed by atoms with van der Waals surface area (Å²) in [5, 5.41) is 2.80. The van der Waals surface area contributed by atoms with Gasteiger partial charge < -0.3 is 15.8 Å². The summed E-state index contributed by atoms with van der Waals surface area (Å²) in [5.74, 6) is 6.00. The van der Waals surface area contributed by atoms with E-state index in [9.17, 15) is 4.79 Å². The van der Waals surface area contributed by atoms with Gasteiger partial charge in [-0.05, 0) is 30.3 Å². The first-order chi connectivity index (χ1) is 10.1. The zero-order chi connectivity index (χ0) is 15.2. The SMILES string of the molecule is COc1ccc(C#CCN)cc1NC(=O)c1ccc(Cl)s1. The minimum atomic E-state index is -0.242. The highest BCUT2D eigenvalue weighted by Gasteiger charge is 2.12. The molecule has 0 atom stereocenters. The van der Waals surface area contributed by atoms with Crippen molar-refractivity contribution in [1.82, 2.24) is 0 Å². The van der Waals surface area contributed by atoms with E-state index in [4.69, 9.17) is 22.1 Å². The van der Waals surface area contributed by atoms with E-state index in [0.29, 0.717) is 20.7 Å². The summed E-state index contributed by atoms with van der Waals surface area (Å²) in [5.41, 5.74) is 6.65. The molecule has 0 fully saturated rings. The number of amides is 1. The van der Waals surface area contributed by atoms with Crippen LogP contribution in [0.1, 0.15) is 15.2 Å². The van der Waals surface area contributed by atoms with Crippen LogP contribution in [0.3, 0.4) is 0 Å². The molecule has 3 N–H and O–H groups in total. The molecule has 0 saturated heterocycles. The van der Waals surface area contributed by atoms with Crippen LogP contribution in [0.2, 0.25) is 4.34 Å². The molecule has 0 spiro atoms. The second-order valence-electron chi connectivity index (χ2n) is 3.98. The van der Waals surface area contributed by atoms with Gasteiger partial charge in [0.15, 0.2) is 0 Å². The Kier molecular flexibility index (Phi) is 5.23. The number of nitrogens with two attached hydrogens (primary N) is 1. The van der Waals surface area contributed by atoms with Gasteiger partial charge in [0, 0.05) is 5.56 Å². The maximum absolute atomic E-state index is 12.1. The minimum absolute atomic E-state index is 0.242. The summed E-state index contributed by atoms with van der Waals surface area (Å²) in [6.45, 7) is 0.279. The first kappa shape index (κ1) is 15.4. The molecule has 2 rings (SSSR count). The number of carbonyl (C=O) groups excluding carboxylic acids is 1. The van der Waals surface area contributed by atoms with Crippen LogP contribution < -0.4 is 15.8 Å². The monoisotopic (exact) mass is 320 g/mol. The molecule has 1 heterocycles. The molecule has 0 aliphatic heterocycles. The topological polar surface area (TPSA) is 64.3 Å².